The molecule has 3 rings (SSSR count). The fourth-order valence-corrected chi connectivity index (χ4v) is 2.57. The molecule has 0 aliphatic heterocycles. The van der Waals surface area contributed by atoms with E-state index in [2.05, 4.69) is 4.98 Å². The van der Waals surface area contributed by atoms with Crippen LogP contribution in [0, 0.1) is 0 Å². The quantitative estimate of drug-likeness (QED) is 0.846. The summed E-state index contributed by atoms with van der Waals surface area (Å²) in [5, 5.41) is 1.09. The van der Waals surface area contributed by atoms with Gasteiger partial charge < -0.3 is 4.90 Å². The molecular formula is C16H14Cl2N2O. The Balaban J connectivity index is 1.83. The molecule has 0 radical (unpaired) electrons. The smallest absolute Gasteiger partial charge is 0.256 e. The van der Waals surface area contributed by atoms with E-state index in [-0.39, 0.29) is 5.91 Å². The number of carbonyl (C=O) groups is 1. The van der Waals surface area contributed by atoms with Crippen molar-refractivity contribution in [3.05, 3.63) is 63.9 Å². The molecule has 0 unspecified atom stereocenters. The van der Waals surface area contributed by atoms with Crippen molar-refractivity contribution in [1.82, 2.24) is 9.88 Å². The average molecular weight is 321 g/mol. The molecule has 1 amide bonds. The van der Waals surface area contributed by atoms with Gasteiger partial charge in [0.05, 0.1) is 10.6 Å². The molecule has 2 aromatic rings. The van der Waals surface area contributed by atoms with Gasteiger partial charge in [-0.05, 0) is 36.6 Å². The zero-order valence-corrected chi connectivity index (χ0v) is 12.8. The van der Waals surface area contributed by atoms with Crippen LogP contribution in [0.15, 0.2) is 42.7 Å². The Labute approximate surface area is 133 Å². The molecule has 1 aromatic carbocycles. The highest BCUT2D eigenvalue weighted by Gasteiger charge is 2.33. The lowest BCUT2D eigenvalue weighted by Gasteiger charge is -2.23. The van der Waals surface area contributed by atoms with Crippen molar-refractivity contribution in [3.8, 4) is 0 Å². The van der Waals surface area contributed by atoms with Gasteiger partial charge in [0.25, 0.3) is 5.91 Å². The zero-order chi connectivity index (χ0) is 14.8. The van der Waals surface area contributed by atoms with Crippen LogP contribution in [0.25, 0.3) is 0 Å². The lowest BCUT2D eigenvalue weighted by atomic mass is 10.1. The molecule has 0 bridgehead atoms. The first kappa shape index (κ1) is 14.4. The molecule has 1 heterocycles. The van der Waals surface area contributed by atoms with Crippen molar-refractivity contribution in [1.29, 1.82) is 0 Å². The number of pyridine rings is 1. The molecule has 5 heteroatoms. The number of nitrogens with zero attached hydrogens (tertiary/aromatic N) is 2. The predicted octanol–water partition coefficient (Wildman–Crippen LogP) is 4.19. The highest BCUT2D eigenvalue weighted by atomic mass is 35.5. The van der Waals surface area contributed by atoms with Crippen LogP contribution >= 0.6 is 23.2 Å². The van der Waals surface area contributed by atoms with Gasteiger partial charge in [0.1, 0.15) is 0 Å². The van der Waals surface area contributed by atoms with E-state index >= 15 is 0 Å². The Hall–Kier alpha value is -1.58. The van der Waals surface area contributed by atoms with Gasteiger partial charge in [-0.2, -0.15) is 0 Å². The molecule has 1 aliphatic rings. The highest BCUT2D eigenvalue weighted by Crippen LogP contribution is 2.31. The SMILES string of the molecule is O=C(c1ccncc1Cl)N(Cc1ccc(Cl)cc1)C1CC1. The van der Waals surface area contributed by atoms with Crippen LogP contribution in [0.2, 0.25) is 10.0 Å². The van der Waals surface area contributed by atoms with Crippen LogP contribution in [-0.4, -0.2) is 21.8 Å². The normalized spacial score (nSPS) is 14.0. The summed E-state index contributed by atoms with van der Waals surface area (Å²) in [4.78, 5) is 18.5. The minimum atomic E-state index is -0.0418. The lowest BCUT2D eigenvalue weighted by molar-refractivity contribution is 0.0730. The molecule has 0 spiro atoms. The number of benzene rings is 1. The van der Waals surface area contributed by atoms with E-state index in [9.17, 15) is 4.79 Å². The van der Waals surface area contributed by atoms with Crippen molar-refractivity contribution >= 4 is 29.1 Å². The number of carbonyl (C=O) groups excluding carboxylic acids is 1. The first-order valence-corrected chi connectivity index (χ1v) is 7.55. The monoisotopic (exact) mass is 320 g/mol. The maximum absolute atomic E-state index is 12.7. The number of hydrogen-bond donors (Lipinski definition) is 0. The van der Waals surface area contributed by atoms with E-state index in [1.54, 1.807) is 12.3 Å². The van der Waals surface area contributed by atoms with E-state index < -0.39 is 0 Å². The fourth-order valence-electron chi connectivity index (χ4n) is 2.24. The van der Waals surface area contributed by atoms with E-state index in [0.29, 0.717) is 28.2 Å². The van der Waals surface area contributed by atoms with Crippen molar-refractivity contribution in [2.24, 2.45) is 0 Å². The van der Waals surface area contributed by atoms with Crippen LogP contribution in [0.3, 0.4) is 0 Å². The predicted molar refractivity (Wildman–Crippen MR) is 83.6 cm³/mol. The second-order valence-corrected chi connectivity index (χ2v) is 5.99. The Morgan fingerprint density at radius 1 is 1.19 bits per heavy atom. The molecule has 1 fully saturated rings. The topological polar surface area (TPSA) is 33.2 Å². The molecule has 1 aromatic heterocycles. The Kier molecular flexibility index (Phi) is 4.13. The van der Waals surface area contributed by atoms with Crippen LogP contribution in [0.4, 0.5) is 0 Å². The van der Waals surface area contributed by atoms with Gasteiger partial charge in [0, 0.05) is 30.0 Å². The van der Waals surface area contributed by atoms with Gasteiger partial charge in [-0.15, -0.1) is 0 Å². The Morgan fingerprint density at radius 2 is 1.90 bits per heavy atom. The van der Waals surface area contributed by atoms with Crippen molar-refractivity contribution < 1.29 is 4.79 Å². The molecule has 0 N–H and O–H groups in total. The van der Waals surface area contributed by atoms with Gasteiger partial charge >= 0.3 is 0 Å². The van der Waals surface area contributed by atoms with Gasteiger partial charge in [0.15, 0.2) is 0 Å². The molecule has 0 saturated heterocycles. The molecule has 1 saturated carbocycles. The van der Waals surface area contributed by atoms with E-state index in [1.807, 2.05) is 29.2 Å². The van der Waals surface area contributed by atoms with Crippen molar-refractivity contribution in [2.75, 3.05) is 0 Å². The fraction of sp³-hybridized carbons (Fsp3) is 0.250. The van der Waals surface area contributed by atoms with E-state index in [1.165, 1.54) is 6.20 Å². The molecule has 1 aliphatic carbocycles. The molecule has 108 valence electrons. The summed E-state index contributed by atoms with van der Waals surface area (Å²) in [6.45, 7) is 0.569. The molecule has 0 atom stereocenters. The maximum atomic E-state index is 12.7. The summed E-state index contributed by atoms with van der Waals surface area (Å²) in [6.07, 6.45) is 5.18. The molecule has 3 nitrogen and oxygen atoms in total. The summed E-state index contributed by atoms with van der Waals surface area (Å²) in [6, 6.07) is 9.54. The third-order valence-electron chi connectivity index (χ3n) is 3.52. The Morgan fingerprint density at radius 3 is 2.52 bits per heavy atom. The van der Waals surface area contributed by atoms with E-state index in [0.717, 1.165) is 18.4 Å². The van der Waals surface area contributed by atoms with Gasteiger partial charge in [0.2, 0.25) is 0 Å². The largest absolute Gasteiger partial charge is 0.331 e. The number of halogens is 2. The van der Waals surface area contributed by atoms with Crippen molar-refractivity contribution in [3.63, 3.8) is 0 Å². The molecular weight excluding hydrogens is 307 g/mol. The summed E-state index contributed by atoms with van der Waals surface area (Å²) in [7, 11) is 0. The van der Waals surface area contributed by atoms with Crippen LogP contribution < -0.4 is 0 Å². The summed E-state index contributed by atoms with van der Waals surface area (Å²) in [5.41, 5.74) is 1.57. The summed E-state index contributed by atoms with van der Waals surface area (Å²) >= 11 is 12.0. The second-order valence-electron chi connectivity index (χ2n) is 5.15. The third kappa shape index (κ3) is 3.36. The van der Waals surface area contributed by atoms with Gasteiger partial charge in [-0.1, -0.05) is 35.3 Å². The van der Waals surface area contributed by atoms with Crippen LogP contribution in [-0.2, 0) is 6.54 Å². The summed E-state index contributed by atoms with van der Waals surface area (Å²) in [5.74, 6) is -0.0418. The highest BCUT2D eigenvalue weighted by molar-refractivity contribution is 6.33. The number of amides is 1. The van der Waals surface area contributed by atoms with Crippen LogP contribution in [0.1, 0.15) is 28.8 Å². The lowest BCUT2D eigenvalue weighted by Crippen LogP contribution is -2.32. The van der Waals surface area contributed by atoms with Crippen LogP contribution in [0.5, 0.6) is 0 Å². The second kappa shape index (κ2) is 6.04. The summed E-state index contributed by atoms with van der Waals surface area (Å²) < 4.78 is 0. The minimum Gasteiger partial charge on any atom is -0.331 e. The standard InChI is InChI=1S/C16H14Cl2N2O/c17-12-3-1-11(2-4-12)10-20(13-5-6-13)16(21)14-7-8-19-9-15(14)18/h1-4,7-9,13H,5-6,10H2. The van der Waals surface area contributed by atoms with Gasteiger partial charge in [-0.25, -0.2) is 0 Å². The first-order chi connectivity index (χ1) is 10.1. The van der Waals surface area contributed by atoms with Gasteiger partial charge in [-0.3, -0.25) is 9.78 Å². The Bertz CT molecular complexity index is 654. The zero-order valence-electron chi connectivity index (χ0n) is 11.3. The van der Waals surface area contributed by atoms with Crippen molar-refractivity contribution in [2.45, 2.75) is 25.4 Å². The maximum Gasteiger partial charge on any atom is 0.256 e. The third-order valence-corrected chi connectivity index (χ3v) is 4.07. The first-order valence-electron chi connectivity index (χ1n) is 6.80. The number of rotatable bonds is 4. The minimum absolute atomic E-state index is 0.0418. The van der Waals surface area contributed by atoms with E-state index in [4.69, 9.17) is 23.2 Å². The average Bonchev–Trinajstić information content (AvgIpc) is 3.31. The number of aromatic nitrogens is 1. The number of hydrogen-bond acceptors (Lipinski definition) is 2. The molecule has 21 heavy (non-hydrogen) atoms.